The van der Waals surface area contributed by atoms with E-state index in [2.05, 4.69) is 0 Å². The molecule has 0 aliphatic rings. The zero-order valence-electron chi connectivity index (χ0n) is 7.75. The van der Waals surface area contributed by atoms with Crippen LogP contribution in [0.3, 0.4) is 0 Å². The van der Waals surface area contributed by atoms with Gasteiger partial charge in [-0.3, -0.25) is 0 Å². The first-order valence-corrected chi connectivity index (χ1v) is 5.54. The molecule has 14 heavy (non-hydrogen) atoms. The average molecular weight is 224 g/mol. The Morgan fingerprint density at radius 2 is 2.07 bits per heavy atom. The summed E-state index contributed by atoms with van der Waals surface area (Å²) in [5.74, 6) is 0. The molecule has 0 amide bonds. The van der Waals surface area contributed by atoms with Crippen molar-refractivity contribution in [3.05, 3.63) is 40.2 Å². The summed E-state index contributed by atoms with van der Waals surface area (Å²) in [5.41, 5.74) is 8.91. The average Bonchev–Trinajstić information content (AvgIpc) is 2.52. The summed E-state index contributed by atoms with van der Waals surface area (Å²) in [5, 5.41) is 2.74. The summed E-state index contributed by atoms with van der Waals surface area (Å²) in [4.78, 5) is 1.05. The summed E-state index contributed by atoms with van der Waals surface area (Å²) >= 11 is 7.65. The smallest absolute Gasteiger partial charge is 0.0593 e. The SMILES string of the molecule is Cc1ccc(-c2sccc2Cl)c(N)c1. The van der Waals surface area contributed by atoms with Crippen molar-refractivity contribution in [2.75, 3.05) is 5.73 Å². The number of rotatable bonds is 1. The second-order valence-corrected chi connectivity index (χ2v) is 4.51. The highest BCUT2D eigenvalue weighted by Gasteiger charge is 2.07. The molecule has 0 atom stereocenters. The minimum Gasteiger partial charge on any atom is -0.398 e. The molecule has 0 saturated carbocycles. The van der Waals surface area contributed by atoms with Gasteiger partial charge in [0.15, 0.2) is 0 Å². The largest absolute Gasteiger partial charge is 0.398 e. The highest BCUT2D eigenvalue weighted by Crippen LogP contribution is 2.36. The Morgan fingerprint density at radius 1 is 1.29 bits per heavy atom. The summed E-state index contributed by atoms with van der Waals surface area (Å²) < 4.78 is 0. The normalized spacial score (nSPS) is 10.4. The maximum atomic E-state index is 6.04. The van der Waals surface area contributed by atoms with Crippen LogP contribution in [0.15, 0.2) is 29.6 Å². The number of hydrogen-bond donors (Lipinski definition) is 1. The number of thiophene rings is 1. The molecule has 0 unspecified atom stereocenters. The van der Waals surface area contributed by atoms with Gasteiger partial charge in [0, 0.05) is 11.3 Å². The van der Waals surface area contributed by atoms with Gasteiger partial charge in [-0.15, -0.1) is 11.3 Å². The summed E-state index contributed by atoms with van der Waals surface area (Å²) in [6.45, 7) is 2.02. The van der Waals surface area contributed by atoms with Crippen LogP contribution in [0.2, 0.25) is 5.02 Å². The summed E-state index contributed by atoms with van der Waals surface area (Å²) in [7, 11) is 0. The number of hydrogen-bond acceptors (Lipinski definition) is 2. The van der Waals surface area contributed by atoms with E-state index in [-0.39, 0.29) is 0 Å². The quantitative estimate of drug-likeness (QED) is 0.728. The highest BCUT2D eigenvalue weighted by atomic mass is 35.5. The first-order chi connectivity index (χ1) is 6.68. The summed E-state index contributed by atoms with van der Waals surface area (Å²) in [6, 6.07) is 7.91. The van der Waals surface area contributed by atoms with Crippen LogP contribution in [-0.2, 0) is 0 Å². The van der Waals surface area contributed by atoms with Gasteiger partial charge in [0.1, 0.15) is 0 Å². The number of nitrogen functional groups attached to an aromatic ring is 1. The van der Waals surface area contributed by atoms with Gasteiger partial charge in [-0.05, 0) is 30.0 Å². The van der Waals surface area contributed by atoms with Crippen molar-refractivity contribution in [1.82, 2.24) is 0 Å². The van der Waals surface area contributed by atoms with E-state index in [1.807, 2.05) is 36.6 Å². The molecule has 1 nitrogen and oxygen atoms in total. The molecule has 0 radical (unpaired) electrons. The second-order valence-electron chi connectivity index (χ2n) is 3.19. The number of benzene rings is 1. The van der Waals surface area contributed by atoms with E-state index in [4.69, 9.17) is 17.3 Å². The lowest BCUT2D eigenvalue weighted by molar-refractivity contribution is 1.48. The lowest BCUT2D eigenvalue weighted by Gasteiger charge is -2.04. The fourth-order valence-corrected chi connectivity index (χ4v) is 2.58. The minimum atomic E-state index is 0.769. The zero-order valence-corrected chi connectivity index (χ0v) is 9.32. The monoisotopic (exact) mass is 223 g/mol. The van der Waals surface area contributed by atoms with Crippen LogP contribution in [0, 0.1) is 6.92 Å². The van der Waals surface area contributed by atoms with E-state index >= 15 is 0 Å². The van der Waals surface area contributed by atoms with Crippen LogP contribution in [0.25, 0.3) is 10.4 Å². The highest BCUT2D eigenvalue weighted by molar-refractivity contribution is 7.14. The molecule has 0 aliphatic heterocycles. The molecular weight excluding hydrogens is 214 g/mol. The van der Waals surface area contributed by atoms with Gasteiger partial charge in [0.25, 0.3) is 0 Å². The Labute approximate surface area is 92.1 Å². The molecule has 0 aliphatic carbocycles. The van der Waals surface area contributed by atoms with Crippen LogP contribution in [-0.4, -0.2) is 0 Å². The molecule has 2 aromatic rings. The van der Waals surface area contributed by atoms with Crippen molar-refractivity contribution in [3.8, 4) is 10.4 Å². The predicted molar refractivity (Wildman–Crippen MR) is 63.9 cm³/mol. The predicted octanol–water partition coefficient (Wildman–Crippen LogP) is 3.96. The second kappa shape index (κ2) is 3.64. The number of aryl methyl sites for hydroxylation is 1. The molecule has 0 saturated heterocycles. The third-order valence-corrected chi connectivity index (χ3v) is 3.44. The Kier molecular flexibility index (Phi) is 2.48. The van der Waals surface area contributed by atoms with E-state index in [1.54, 1.807) is 11.3 Å². The molecule has 0 bridgehead atoms. The van der Waals surface area contributed by atoms with Crippen LogP contribution >= 0.6 is 22.9 Å². The van der Waals surface area contributed by atoms with Gasteiger partial charge in [-0.2, -0.15) is 0 Å². The molecule has 1 aromatic carbocycles. The first kappa shape index (κ1) is 9.56. The molecule has 2 rings (SSSR count). The molecule has 0 spiro atoms. The van der Waals surface area contributed by atoms with E-state index in [9.17, 15) is 0 Å². The Balaban J connectivity index is 2.58. The van der Waals surface area contributed by atoms with Crippen molar-refractivity contribution in [2.45, 2.75) is 6.92 Å². The van der Waals surface area contributed by atoms with Crippen LogP contribution < -0.4 is 5.73 Å². The maximum Gasteiger partial charge on any atom is 0.0593 e. The van der Waals surface area contributed by atoms with Crippen molar-refractivity contribution in [1.29, 1.82) is 0 Å². The molecule has 1 heterocycles. The zero-order chi connectivity index (χ0) is 10.1. The molecule has 2 N–H and O–H groups in total. The molecule has 3 heteroatoms. The number of nitrogens with two attached hydrogens (primary N) is 1. The molecule has 72 valence electrons. The van der Waals surface area contributed by atoms with E-state index in [0.717, 1.165) is 21.2 Å². The van der Waals surface area contributed by atoms with Crippen LogP contribution in [0.1, 0.15) is 5.56 Å². The van der Waals surface area contributed by atoms with E-state index in [1.165, 1.54) is 5.56 Å². The number of anilines is 1. The fourth-order valence-electron chi connectivity index (χ4n) is 1.37. The van der Waals surface area contributed by atoms with Crippen molar-refractivity contribution in [3.63, 3.8) is 0 Å². The van der Waals surface area contributed by atoms with Crippen LogP contribution in [0.5, 0.6) is 0 Å². The van der Waals surface area contributed by atoms with Gasteiger partial charge in [0.05, 0.1) is 9.90 Å². The summed E-state index contributed by atoms with van der Waals surface area (Å²) in [6.07, 6.45) is 0. The standard InChI is InChI=1S/C11H10ClNS/c1-7-2-3-8(10(13)6-7)11-9(12)4-5-14-11/h2-6H,13H2,1H3. The topological polar surface area (TPSA) is 26.0 Å². The van der Waals surface area contributed by atoms with E-state index in [0.29, 0.717) is 0 Å². The van der Waals surface area contributed by atoms with Crippen LogP contribution in [0.4, 0.5) is 5.69 Å². The Morgan fingerprint density at radius 3 is 2.64 bits per heavy atom. The van der Waals surface area contributed by atoms with Gasteiger partial charge in [0.2, 0.25) is 0 Å². The van der Waals surface area contributed by atoms with Gasteiger partial charge < -0.3 is 5.73 Å². The molecular formula is C11H10ClNS. The lowest BCUT2D eigenvalue weighted by atomic mass is 10.1. The first-order valence-electron chi connectivity index (χ1n) is 4.28. The third kappa shape index (κ3) is 1.63. The Bertz CT molecular complexity index is 462. The molecule has 1 aromatic heterocycles. The fraction of sp³-hybridized carbons (Fsp3) is 0.0909. The van der Waals surface area contributed by atoms with Crippen molar-refractivity contribution < 1.29 is 0 Å². The maximum absolute atomic E-state index is 6.04. The Hall–Kier alpha value is -0.990. The number of halogens is 1. The van der Waals surface area contributed by atoms with Gasteiger partial charge in [-0.25, -0.2) is 0 Å². The van der Waals surface area contributed by atoms with Crippen molar-refractivity contribution >= 4 is 28.6 Å². The van der Waals surface area contributed by atoms with E-state index < -0.39 is 0 Å². The van der Waals surface area contributed by atoms with Gasteiger partial charge in [-0.1, -0.05) is 23.7 Å². The van der Waals surface area contributed by atoms with Crippen molar-refractivity contribution in [2.24, 2.45) is 0 Å². The van der Waals surface area contributed by atoms with Gasteiger partial charge >= 0.3 is 0 Å². The third-order valence-electron chi connectivity index (χ3n) is 2.07. The molecule has 0 fully saturated rings. The minimum absolute atomic E-state index is 0.769. The lowest BCUT2D eigenvalue weighted by Crippen LogP contribution is -1.89.